The average molecular weight is 913 g/mol. The van der Waals surface area contributed by atoms with Crippen LogP contribution in [0.15, 0.2) is 0 Å². The SMILES string of the molecule is CC(C)C[C@H](NC(=O)C1O[C@@H]1C(=O)N[C@H](CC(C)C)C(=O)N1CCC[C@H]1C(=O)O)C(=O)NCC(=O)NNC(=O)CN1CCN(CC(=O)O)CCN(CC(=O)O)CCN(CC(=O)O)CC1. The van der Waals surface area contributed by atoms with Gasteiger partial charge in [-0.05, 0) is 37.5 Å². The Bertz CT molecular complexity index is 1670. The summed E-state index contributed by atoms with van der Waals surface area (Å²) in [6.45, 7) is 7.02. The minimum absolute atomic E-state index is 0.0464. The van der Waals surface area contributed by atoms with Crippen molar-refractivity contribution >= 4 is 59.3 Å². The predicted octanol–water partition coefficient (Wildman–Crippen LogP) is -4.37. The molecule has 5 atom stereocenters. The molecule has 3 saturated heterocycles. The Labute approximate surface area is 370 Å². The van der Waals surface area contributed by atoms with Crippen LogP contribution in [0.5, 0.6) is 0 Å². The lowest BCUT2D eigenvalue weighted by atomic mass is 10.0. The van der Waals surface area contributed by atoms with Gasteiger partial charge in [0.1, 0.15) is 18.1 Å². The summed E-state index contributed by atoms with van der Waals surface area (Å²) in [7, 11) is 0. The molecule has 1 unspecified atom stereocenters. The number of nitrogens with zero attached hydrogens (tertiary/aromatic N) is 5. The molecule has 25 heteroatoms. The third-order valence-corrected chi connectivity index (χ3v) is 10.6. The molecule has 360 valence electrons. The van der Waals surface area contributed by atoms with E-state index >= 15 is 0 Å². The van der Waals surface area contributed by atoms with E-state index in [1.165, 1.54) is 4.90 Å². The first-order valence-electron chi connectivity index (χ1n) is 21.3. The van der Waals surface area contributed by atoms with Crippen molar-refractivity contribution in [3.05, 3.63) is 0 Å². The van der Waals surface area contributed by atoms with Crippen molar-refractivity contribution in [2.45, 2.75) is 83.7 Å². The number of carboxylic acid groups (broad SMARTS) is 4. The Balaban J connectivity index is 1.53. The molecule has 0 bridgehead atoms. The summed E-state index contributed by atoms with van der Waals surface area (Å²) in [6.07, 6.45) is -1.39. The molecular weight excluding hydrogens is 848 g/mol. The predicted molar refractivity (Wildman–Crippen MR) is 222 cm³/mol. The van der Waals surface area contributed by atoms with Crippen molar-refractivity contribution in [1.82, 2.24) is 51.3 Å². The number of carboxylic acids is 4. The van der Waals surface area contributed by atoms with E-state index in [1.807, 2.05) is 13.8 Å². The van der Waals surface area contributed by atoms with E-state index < -0.39 is 96.2 Å². The number of hydrogen-bond donors (Lipinski definition) is 9. The molecular formula is C39H64N10O15. The minimum Gasteiger partial charge on any atom is -0.480 e. The van der Waals surface area contributed by atoms with Gasteiger partial charge in [-0.3, -0.25) is 73.6 Å². The number of carbonyl (C=O) groups is 10. The zero-order chi connectivity index (χ0) is 47.7. The molecule has 0 saturated carbocycles. The fourth-order valence-electron chi connectivity index (χ4n) is 7.40. The van der Waals surface area contributed by atoms with Crippen LogP contribution in [0.25, 0.3) is 0 Å². The lowest BCUT2D eigenvalue weighted by Crippen LogP contribution is -2.54. The first-order chi connectivity index (χ1) is 30.1. The van der Waals surface area contributed by atoms with Gasteiger partial charge in [-0.15, -0.1) is 0 Å². The quantitative estimate of drug-likeness (QED) is 0.0388. The molecule has 0 aromatic rings. The molecule has 0 spiro atoms. The molecule has 6 amide bonds. The van der Waals surface area contributed by atoms with Crippen LogP contribution < -0.4 is 26.8 Å². The normalized spacial score (nSPS) is 21.4. The smallest absolute Gasteiger partial charge is 0.326 e. The van der Waals surface area contributed by atoms with E-state index in [-0.39, 0.29) is 110 Å². The fourth-order valence-corrected chi connectivity index (χ4v) is 7.40. The van der Waals surface area contributed by atoms with Crippen LogP contribution in [0.1, 0.15) is 53.4 Å². The number of aliphatic carboxylic acids is 4. The number of epoxide rings is 1. The first-order valence-corrected chi connectivity index (χ1v) is 21.3. The Morgan fingerprint density at radius 2 is 0.969 bits per heavy atom. The highest BCUT2D eigenvalue weighted by atomic mass is 16.6. The topological polar surface area (TPSA) is 341 Å². The monoisotopic (exact) mass is 912 g/mol. The maximum atomic E-state index is 13.3. The van der Waals surface area contributed by atoms with E-state index in [0.717, 1.165) is 0 Å². The van der Waals surface area contributed by atoms with Crippen molar-refractivity contribution in [3.8, 4) is 0 Å². The maximum Gasteiger partial charge on any atom is 0.326 e. The Kier molecular flexibility index (Phi) is 21.2. The fraction of sp³-hybridized carbons (Fsp3) is 0.744. The molecule has 3 aliphatic heterocycles. The van der Waals surface area contributed by atoms with E-state index in [4.69, 9.17) is 4.74 Å². The molecule has 0 aromatic heterocycles. The second-order valence-electron chi connectivity index (χ2n) is 17.0. The number of hydrazine groups is 1. The van der Waals surface area contributed by atoms with Crippen LogP contribution in [0.4, 0.5) is 0 Å². The van der Waals surface area contributed by atoms with Gasteiger partial charge in [-0.1, -0.05) is 27.7 Å². The van der Waals surface area contributed by atoms with Crippen LogP contribution >= 0.6 is 0 Å². The molecule has 3 fully saturated rings. The molecule has 0 radical (unpaired) electrons. The number of carbonyl (C=O) groups excluding carboxylic acids is 6. The molecule has 3 heterocycles. The number of likely N-dealkylation sites (tertiary alicyclic amines) is 1. The Morgan fingerprint density at radius 1 is 0.562 bits per heavy atom. The van der Waals surface area contributed by atoms with Gasteiger partial charge in [-0.2, -0.15) is 0 Å². The second-order valence-corrected chi connectivity index (χ2v) is 17.0. The first kappa shape index (κ1) is 52.8. The van der Waals surface area contributed by atoms with Gasteiger partial charge in [0.05, 0.1) is 32.7 Å². The van der Waals surface area contributed by atoms with Gasteiger partial charge in [0.2, 0.25) is 11.8 Å². The van der Waals surface area contributed by atoms with Gasteiger partial charge in [0, 0.05) is 58.9 Å². The van der Waals surface area contributed by atoms with Crippen molar-refractivity contribution < 1.29 is 73.1 Å². The van der Waals surface area contributed by atoms with Gasteiger partial charge in [0.15, 0.2) is 12.2 Å². The van der Waals surface area contributed by atoms with Gasteiger partial charge in [-0.25, -0.2) is 4.79 Å². The number of rotatable bonds is 21. The van der Waals surface area contributed by atoms with Crippen LogP contribution in [0.3, 0.4) is 0 Å². The van der Waals surface area contributed by atoms with Gasteiger partial charge in [0.25, 0.3) is 23.6 Å². The lowest BCUT2D eigenvalue weighted by Gasteiger charge is -2.32. The summed E-state index contributed by atoms with van der Waals surface area (Å²) in [4.78, 5) is 132. The third-order valence-electron chi connectivity index (χ3n) is 10.6. The highest BCUT2D eigenvalue weighted by Crippen LogP contribution is 2.25. The van der Waals surface area contributed by atoms with E-state index in [9.17, 15) is 68.4 Å². The molecule has 0 aromatic carbocycles. The van der Waals surface area contributed by atoms with Crippen molar-refractivity contribution in [2.24, 2.45) is 11.8 Å². The van der Waals surface area contributed by atoms with Crippen molar-refractivity contribution in [1.29, 1.82) is 0 Å². The largest absolute Gasteiger partial charge is 0.480 e. The van der Waals surface area contributed by atoms with Crippen LogP contribution in [0, 0.1) is 11.8 Å². The number of amides is 6. The standard InChI is InChI=1S/C39H64N10O15/c1-23(2)16-25(41-36(59)33-34(64-33)37(60)42-26(17-24(3)4)38(61)49-7-5-6-27(49)39(62)63)35(58)40-18-28(50)43-44-29(51)19-45-8-10-46(20-30(52)53)12-14-48(22-32(56)57)15-13-47(11-9-45)21-31(54)55/h23-27,33-34H,5-22H2,1-4H3,(H,40,58)(H,41,59)(H,42,60)(H,43,50)(H,44,51)(H,52,53)(H,54,55)(H,56,57)(H,62,63)/t25-,26+,27-,33?,34-/m0/s1. The minimum atomic E-state index is -1.28. The number of ether oxygens (including phenoxy) is 1. The molecule has 64 heavy (non-hydrogen) atoms. The van der Waals surface area contributed by atoms with Gasteiger partial charge < -0.3 is 46.0 Å². The third kappa shape index (κ3) is 18.7. The summed E-state index contributed by atoms with van der Waals surface area (Å²) >= 11 is 0. The highest BCUT2D eigenvalue weighted by Gasteiger charge is 2.52. The summed E-state index contributed by atoms with van der Waals surface area (Å²) in [5.41, 5.74) is 4.45. The van der Waals surface area contributed by atoms with Crippen LogP contribution in [-0.2, 0) is 52.7 Å². The zero-order valence-electron chi connectivity index (χ0n) is 36.8. The maximum absolute atomic E-state index is 13.3. The molecule has 3 aliphatic rings. The summed E-state index contributed by atoms with van der Waals surface area (Å²) in [6, 6.07) is -3.20. The Morgan fingerprint density at radius 3 is 1.39 bits per heavy atom. The Hall–Kier alpha value is -5.50. The van der Waals surface area contributed by atoms with E-state index in [1.54, 1.807) is 33.4 Å². The average Bonchev–Trinajstić information content (AvgIpc) is 3.86. The lowest BCUT2D eigenvalue weighted by molar-refractivity contribution is -0.149. The second kappa shape index (κ2) is 25.7. The van der Waals surface area contributed by atoms with Crippen molar-refractivity contribution in [3.63, 3.8) is 0 Å². The zero-order valence-corrected chi connectivity index (χ0v) is 36.8. The van der Waals surface area contributed by atoms with E-state index in [2.05, 4.69) is 26.8 Å². The molecule has 3 rings (SSSR count). The summed E-state index contributed by atoms with van der Waals surface area (Å²) in [5, 5.41) is 45.3. The number of nitrogens with one attached hydrogen (secondary N) is 5. The number of hydrogen-bond acceptors (Lipinski definition) is 15. The summed E-state index contributed by atoms with van der Waals surface area (Å²) in [5.74, 6) is -8.91. The van der Waals surface area contributed by atoms with Crippen molar-refractivity contribution in [2.75, 3.05) is 91.6 Å². The van der Waals surface area contributed by atoms with E-state index in [0.29, 0.717) is 12.8 Å². The highest BCUT2D eigenvalue weighted by molar-refractivity contribution is 5.99. The molecule has 9 N–H and O–H groups in total. The summed E-state index contributed by atoms with van der Waals surface area (Å²) < 4.78 is 5.34. The van der Waals surface area contributed by atoms with Crippen LogP contribution in [0.2, 0.25) is 0 Å². The van der Waals surface area contributed by atoms with Crippen LogP contribution in [-0.4, -0.2) is 226 Å². The van der Waals surface area contributed by atoms with Gasteiger partial charge >= 0.3 is 23.9 Å². The molecule has 25 nitrogen and oxygen atoms in total. The molecule has 0 aliphatic carbocycles.